The summed E-state index contributed by atoms with van der Waals surface area (Å²) in [5, 5.41) is 6.67. The molecule has 0 aliphatic rings. The molecule has 0 bridgehead atoms. The van der Waals surface area contributed by atoms with Crippen LogP contribution in [0.3, 0.4) is 0 Å². The van der Waals surface area contributed by atoms with Crippen molar-refractivity contribution in [2.75, 3.05) is 18.5 Å². The first-order valence-electron chi connectivity index (χ1n) is 9.66. The number of unbranched alkanes of at least 4 members (excludes halogenated alkanes) is 4. The zero-order chi connectivity index (χ0) is 19.3. The third-order valence-corrected chi connectivity index (χ3v) is 4.58. The fourth-order valence-electron chi connectivity index (χ4n) is 2.69. The molecule has 27 heavy (non-hydrogen) atoms. The van der Waals surface area contributed by atoms with Crippen LogP contribution >= 0.6 is 11.6 Å². The zero-order valence-corrected chi connectivity index (χ0v) is 16.7. The molecule has 1 amide bonds. The van der Waals surface area contributed by atoms with Gasteiger partial charge in [0.1, 0.15) is 5.75 Å². The second-order valence-electron chi connectivity index (χ2n) is 6.53. The average Bonchev–Trinajstić information content (AvgIpc) is 2.67. The van der Waals surface area contributed by atoms with Crippen LogP contribution in [0.2, 0.25) is 5.02 Å². The van der Waals surface area contributed by atoms with E-state index in [1.54, 1.807) is 0 Å². The van der Waals surface area contributed by atoms with E-state index in [2.05, 4.69) is 17.6 Å². The Morgan fingerprint density at radius 2 is 1.74 bits per heavy atom. The van der Waals surface area contributed by atoms with E-state index in [-0.39, 0.29) is 12.5 Å². The van der Waals surface area contributed by atoms with E-state index in [0.717, 1.165) is 30.0 Å². The maximum Gasteiger partial charge on any atom is 0.238 e. The fraction of sp³-hybridized carbons (Fsp3) is 0.409. The Bertz CT molecular complexity index is 689. The van der Waals surface area contributed by atoms with Crippen LogP contribution in [0, 0.1) is 0 Å². The fourth-order valence-corrected chi connectivity index (χ4v) is 2.89. The molecule has 0 aliphatic heterocycles. The first kappa shape index (κ1) is 21.3. The molecule has 0 heterocycles. The normalized spacial score (nSPS) is 10.6. The van der Waals surface area contributed by atoms with Crippen molar-refractivity contribution in [3.05, 3.63) is 59.1 Å². The first-order chi connectivity index (χ1) is 13.2. The quantitative estimate of drug-likeness (QED) is 0.477. The number of benzene rings is 2. The van der Waals surface area contributed by atoms with Gasteiger partial charge in [0.25, 0.3) is 0 Å². The number of amides is 1. The number of nitrogens with one attached hydrogen (secondary N) is 2. The molecule has 2 aromatic rings. The average molecular weight is 389 g/mol. The van der Waals surface area contributed by atoms with E-state index < -0.39 is 0 Å². The minimum Gasteiger partial charge on any atom is -0.494 e. The maximum absolute atomic E-state index is 12.0. The van der Waals surface area contributed by atoms with Crippen molar-refractivity contribution < 1.29 is 9.53 Å². The Labute approximate surface area is 167 Å². The van der Waals surface area contributed by atoms with E-state index >= 15 is 0 Å². The molecule has 0 fully saturated rings. The summed E-state index contributed by atoms with van der Waals surface area (Å²) in [6.07, 6.45) is 6.11. The van der Waals surface area contributed by atoms with Gasteiger partial charge in [-0.1, -0.05) is 62.4 Å². The van der Waals surface area contributed by atoms with E-state index in [1.807, 2.05) is 48.5 Å². The molecule has 5 heteroatoms. The highest BCUT2D eigenvalue weighted by atomic mass is 35.5. The Kier molecular flexibility index (Phi) is 9.74. The van der Waals surface area contributed by atoms with Gasteiger partial charge < -0.3 is 15.4 Å². The summed E-state index contributed by atoms with van der Waals surface area (Å²) >= 11 is 6.10. The van der Waals surface area contributed by atoms with Crippen molar-refractivity contribution in [3.63, 3.8) is 0 Å². The largest absolute Gasteiger partial charge is 0.494 e. The van der Waals surface area contributed by atoms with E-state index in [0.29, 0.717) is 11.6 Å². The Balaban J connectivity index is 1.65. The highest BCUT2D eigenvalue weighted by Gasteiger charge is 2.04. The monoisotopic (exact) mass is 388 g/mol. The van der Waals surface area contributed by atoms with E-state index in [4.69, 9.17) is 16.3 Å². The molecule has 0 saturated heterocycles. The summed E-state index contributed by atoms with van der Waals surface area (Å²) in [6.45, 7) is 3.73. The number of carbonyl (C=O) groups excluding carboxylic acids is 1. The molecule has 0 aromatic heterocycles. The molecule has 2 N–H and O–H groups in total. The summed E-state index contributed by atoms with van der Waals surface area (Å²) in [5.74, 6) is 0.743. The lowest BCUT2D eigenvalue weighted by atomic mass is 10.2. The summed E-state index contributed by atoms with van der Waals surface area (Å²) in [4.78, 5) is 12.0. The number of carbonyl (C=O) groups is 1. The number of anilines is 1. The van der Waals surface area contributed by atoms with E-state index in [1.165, 1.54) is 25.7 Å². The molecule has 0 unspecified atom stereocenters. The van der Waals surface area contributed by atoms with Gasteiger partial charge in [-0.3, -0.25) is 4.79 Å². The number of halogens is 1. The van der Waals surface area contributed by atoms with E-state index in [9.17, 15) is 4.79 Å². The van der Waals surface area contributed by atoms with Crippen LogP contribution in [-0.4, -0.2) is 19.1 Å². The minimum absolute atomic E-state index is 0.0911. The van der Waals surface area contributed by atoms with Gasteiger partial charge in [0, 0.05) is 17.3 Å². The standard InChI is InChI=1S/C22H29ClN2O2/c1-2-3-4-5-8-15-27-20-13-11-19(12-14-20)25-22(26)17-24-16-18-9-6-7-10-21(18)23/h6-7,9-14,24H,2-5,8,15-17H2,1H3,(H,25,26). The minimum atomic E-state index is -0.0911. The summed E-state index contributed by atoms with van der Waals surface area (Å²) < 4.78 is 5.73. The van der Waals surface area contributed by atoms with Crippen molar-refractivity contribution >= 4 is 23.2 Å². The third kappa shape index (κ3) is 8.46. The molecule has 0 atom stereocenters. The molecule has 0 spiro atoms. The Morgan fingerprint density at radius 3 is 2.48 bits per heavy atom. The van der Waals surface area contributed by atoms with Crippen LogP contribution in [0.4, 0.5) is 5.69 Å². The summed E-state index contributed by atoms with van der Waals surface area (Å²) in [7, 11) is 0. The highest BCUT2D eigenvalue weighted by molar-refractivity contribution is 6.31. The summed E-state index contributed by atoms with van der Waals surface area (Å²) in [6, 6.07) is 15.1. The lowest BCUT2D eigenvalue weighted by Gasteiger charge is -2.09. The second kappa shape index (κ2) is 12.4. The van der Waals surface area contributed by atoms with Crippen molar-refractivity contribution in [1.82, 2.24) is 5.32 Å². The van der Waals surface area contributed by atoms with Crippen LogP contribution in [-0.2, 0) is 11.3 Å². The topological polar surface area (TPSA) is 50.4 Å². The number of rotatable bonds is 12. The SMILES string of the molecule is CCCCCCCOc1ccc(NC(=O)CNCc2ccccc2Cl)cc1. The van der Waals surface area contributed by atoms with Gasteiger partial charge in [0.05, 0.1) is 13.2 Å². The van der Waals surface area contributed by atoms with Crippen molar-refractivity contribution in [2.24, 2.45) is 0 Å². The lowest BCUT2D eigenvalue weighted by molar-refractivity contribution is -0.115. The number of hydrogen-bond acceptors (Lipinski definition) is 3. The highest BCUT2D eigenvalue weighted by Crippen LogP contribution is 2.17. The zero-order valence-electron chi connectivity index (χ0n) is 16.0. The molecule has 0 saturated carbocycles. The van der Waals surface area contributed by atoms with Crippen LogP contribution in [0.25, 0.3) is 0 Å². The van der Waals surface area contributed by atoms with Gasteiger partial charge in [0.2, 0.25) is 5.91 Å². The Hall–Kier alpha value is -2.04. The van der Waals surface area contributed by atoms with Crippen LogP contribution in [0.5, 0.6) is 5.75 Å². The van der Waals surface area contributed by atoms with Gasteiger partial charge in [-0.25, -0.2) is 0 Å². The third-order valence-electron chi connectivity index (χ3n) is 4.21. The van der Waals surface area contributed by atoms with Crippen LogP contribution in [0.1, 0.15) is 44.6 Å². The van der Waals surface area contributed by atoms with Crippen molar-refractivity contribution in [2.45, 2.75) is 45.6 Å². The summed E-state index contributed by atoms with van der Waals surface area (Å²) in [5.41, 5.74) is 1.73. The van der Waals surface area contributed by atoms with Crippen LogP contribution < -0.4 is 15.4 Å². The maximum atomic E-state index is 12.0. The van der Waals surface area contributed by atoms with Gasteiger partial charge in [-0.05, 0) is 42.3 Å². The molecular weight excluding hydrogens is 360 g/mol. The number of hydrogen-bond donors (Lipinski definition) is 2. The molecule has 0 aliphatic carbocycles. The van der Waals surface area contributed by atoms with Crippen molar-refractivity contribution in [3.8, 4) is 5.75 Å². The molecule has 146 valence electrons. The first-order valence-corrected chi connectivity index (χ1v) is 10.0. The molecule has 4 nitrogen and oxygen atoms in total. The molecule has 0 radical (unpaired) electrons. The smallest absolute Gasteiger partial charge is 0.238 e. The Morgan fingerprint density at radius 1 is 1.00 bits per heavy atom. The predicted octanol–water partition coefficient (Wildman–Crippen LogP) is 5.42. The van der Waals surface area contributed by atoms with Crippen LogP contribution in [0.15, 0.2) is 48.5 Å². The van der Waals surface area contributed by atoms with Gasteiger partial charge in [-0.2, -0.15) is 0 Å². The molecule has 2 aromatic carbocycles. The second-order valence-corrected chi connectivity index (χ2v) is 6.94. The van der Waals surface area contributed by atoms with Gasteiger partial charge >= 0.3 is 0 Å². The predicted molar refractivity (Wildman–Crippen MR) is 112 cm³/mol. The lowest BCUT2D eigenvalue weighted by Crippen LogP contribution is -2.27. The number of ether oxygens (including phenoxy) is 1. The van der Waals surface area contributed by atoms with Gasteiger partial charge in [0.15, 0.2) is 0 Å². The molecular formula is C22H29ClN2O2. The van der Waals surface area contributed by atoms with Crippen molar-refractivity contribution in [1.29, 1.82) is 0 Å². The molecule has 2 rings (SSSR count). The van der Waals surface area contributed by atoms with Gasteiger partial charge in [-0.15, -0.1) is 0 Å².